The van der Waals surface area contributed by atoms with Crippen molar-refractivity contribution in [2.45, 2.75) is 5.33 Å². The molecule has 3 aromatic heterocycles. The SMILES string of the molecule is BrCc1cncc(-c2cccc(-c3cc(-c4cccc(-c5cccnc5)c4)cc(-c4cccc(-c5cccnc5)c4)c3)c2)c1. The normalized spacial score (nSPS) is 10.9. The van der Waals surface area contributed by atoms with E-state index < -0.39 is 0 Å². The highest BCUT2D eigenvalue weighted by atomic mass is 79.9. The van der Waals surface area contributed by atoms with Crippen molar-refractivity contribution in [1.29, 1.82) is 0 Å². The van der Waals surface area contributed by atoms with Crippen LogP contribution < -0.4 is 0 Å². The summed E-state index contributed by atoms with van der Waals surface area (Å²) in [7, 11) is 0. The lowest BCUT2D eigenvalue weighted by Crippen LogP contribution is -1.89. The highest BCUT2D eigenvalue weighted by Crippen LogP contribution is 2.36. The summed E-state index contributed by atoms with van der Waals surface area (Å²) in [5.41, 5.74) is 14.8. The first-order valence-corrected chi connectivity index (χ1v) is 15.6. The molecule has 0 N–H and O–H groups in total. The molecule has 3 nitrogen and oxygen atoms in total. The number of rotatable bonds is 7. The monoisotopic (exact) mass is 629 g/mol. The van der Waals surface area contributed by atoms with Crippen LogP contribution in [0.15, 0.2) is 159 Å². The summed E-state index contributed by atoms with van der Waals surface area (Å²) < 4.78 is 0. The van der Waals surface area contributed by atoms with Crippen molar-refractivity contribution in [3.05, 3.63) is 164 Å². The highest BCUT2D eigenvalue weighted by molar-refractivity contribution is 9.08. The summed E-state index contributed by atoms with van der Waals surface area (Å²) in [6.45, 7) is 0. The van der Waals surface area contributed by atoms with E-state index in [4.69, 9.17) is 0 Å². The zero-order valence-corrected chi connectivity index (χ0v) is 25.5. The fourth-order valence-corrected chi connectivity index (χ4v) is 5.85. The van der Waals surface area contributed by atoms with Gasteiger partial charge in [0.05, 0.1) is 0 Å². The van der Waals surface area contributed by atoms with Gasteiger partial charge in [-0.1, -0.05) is 82.7 Å². The Morgan fingerprint density at radius 3 is 1.11 bits per heavy atom. The lowest BCUT2D eigenvalue weighted by molar-refractivity contribution is 1.26. The number of benzene rings is 4. The van der Waals surface area contributed by atoms with E-state index in [9.17, 15) is 0 Å². The van der Waals surface area contributed by atoms with Crippen molar-refractivity contribution in [3.63, 3.8) is 0 Å². The van der Waals surface area contributed by atoms with Crippen LogP contribution in [0.2, 0.25) is 0 Å². The third kappa shape index (κ3) is 5.98. The first-order chi connectivity index (χ1) is 21.7. The Balaban J connectivity index is 1.37. The van der Waals surface area contributed by atoms with Gasteiger partial charge in [-0.3, -0.25) is 15.0 Å². The quantitative estimate of drug-likeness (QED) is 0.165. The number of halogens is 1. The zero-order valence-electron chi connectivity index (χ0n) is 23.9. The van der Waals surface area contributed by atoms with Crippen LogP contribution in [0.3, 0.4) is 0 Å². The molecule has 0 saturated carbocycles. The Morgan fingerprint density at radius 2 is 0.705 bits per heavy atom. The fraction of sp³-hybridized carbons (Fsp3) is 0.0250. The van der Waals surface area contributed by atoms with Crippen LogP contribution in [-0.4, -0.2) is 15.0 Å². The minimum absolute atomic E-state index is 0.773. The Kier molecular flexibility index (Phi) is 7.90. The van der Waals surface area contributed by atoms with Crippen LogP contribution in [0, 0.1) is 0 Å². The van der Waals surface area contributed by atoms with E-state index in [0.29, 0.717) is 0 Å². The van der Waals surface area contributed by atoms with Gasteiger partial charge in [-0.05, 0) is 110 Å². The summed E-state index contributed by atoms with van der Waals surface area (Å²) in [4.78, 5) is 13.1. The van der Waals surface area contributed by atoms with Gasteiger partial charge in [0.1, 0.15) is 0 Å². The molecule has 0 spiro atoms. The number of nitrogens with zero attached hydrogens (tertiary/aromatic N) is 3. The van der Waals surface area contributed by atoms with Crippen LogP contribution in [0.4, 0.5) is 0 Å². The number of pyridine rings is 3. The predicted molar refractivity (Wildman–Crippen MR) is 185 cm³/mol. The molecule has 0 aliphatic heterocycles. The van der Waals surface area contributed by atoms with E-state index >= 15 is 0 Å². The van der Waals surface area contributed by atoms with E-state index in [2.05, 4.69) is 140 Å². The number of hydrogen-bond donors (Lipinski definition) is 0. The fourth-order valence-electron chi connectivity index (χ4n) is 5.55. The van der Waals surface area contributed by atoms with Gasteiger partial charge in [-0.15, -0.1) is 0 Å². The molecule has 0 amide bonds. The van der Waals surface area contributed by atoms with Gasteiger partial charge in [0, 0.05) is 59.2 Å². The van der Waals surface area contributed by atoms with Crippen molar-refractivity contribution in [1.82, 2.24) is 15.0 Å². The Bertz CT molecular complexity index is 1950. The highest BCUT2D eigenvalue weighted by Gasteiger charge is 2.11. The third-order valence-corrected chi connectivity index (χ3v) is 8.44. The Hall–Kier alpha value is -5.19. The maximum absolute atomic E-state index is 4.47. The Morgan fingerprint density at radius 1 is 0.341 bits per heavy atom. The molecule has 0 aliphatic rings. The van der Waals surface area contributed by atoms with Gasteiger partial charge in [-0.25, -0.2) is 0 Å². The molecule has 44 heavy (non-hydrogen) atoms. The van der Waals surface area contributed by atoms with E-state index in [-0.39, 0.29) is 0 Å². The first-order valence-electron chi connectivity index (χ1n) is 14.5. The zero-order chi connectivity index (χ0) is 29.7. The molecule has 0 fully saturated rings. The van der Waals surface area contributed by atoms with Crippen LogP contribution in [-0.2, 0) is 5.33 Å². The molecule has 0 saturated heterocycles. The first kappa shape index (κ1) is 27.6. The maximum Gasteiger partial charge on any atom is 0.0346 e. The molecule has 4 heteroatoms. The molecule has 0 bridgehead atoms. The molecular weight excluding hydrogens is 602 g/mol. The molecule has 0 aliphatic carbocycles. The topological polar surface area (TPSA) is 38.7 Å². The Labute approximate surface area is 266 Å². The molecule has 3 heterocycles. The van der Waals surface area contributed by atoms with Crippen LogP contribution in [0.1, 0.15) is 5.56 Å². The summed E-state index contributed by atoms with van der Waals surface area (Å²) in [6.07, 6.45) is 11.3. The largest absolute Gasteiger partial charge is 0.264 e. The molecule has 7 aromatic rings. The van der Waals surface area contributed by atoms with Crippen molar-refractivity contribution < 1.29 is 0 Å². The second-order valence-electron chi connectivity index (χ2n) is 10.7. The van der Waals surface area contributed by atoms with E-state index in [1.165, 1.54) is 0 Å². The van der Waals surface area contributed by atoms with Crippen molar-refractivity contribution in [2.75, 3.05) is 0 Å². The van der Waals surface area contributed by atoms with Crippen LogP contribution >= 0.6 is 15.9 Å². The van der Waals surface area contributed by atoms with Crippen molar-refractivity contribution in [2.24, 2.45) is 0 Å². The minimum Gasteiger partial charge on any atom is -0.264 e. The summed E-state index contributed by atoms with van der Waals surface area (Å²) in [5, 5.41) is 0.773. The molecule has 7 rings (SSSR count). The molecule has 4 aromatic carbocycles. The van der Waals surface area contributed by atoms with Gasteiger partial charge in [-0.2, -0.15) is 0 Å². The molecular formula is C40H28BrN3. The molecule has 0 radical (unpaired) electrons. The second-order valence-corrected chi connectivity index (χ2v) is 11.3. The van der Waals surface area contributed by atoms with Crippen molar-refractivity contribution in [3.8, 4) is 66.8 Å². The summed E-state index contributed by atoms with van der Waals surface area (Å²) in [5.74, 6) is 0. The minimum atomic E-state index is 0.773. The third-order valence-electron chi connectivity index (χ3n) is 7.79. The second kappa shape index (κ2) is 12.6. The number of hydrogen-bond acceptors (Lipinski definition) is 3. The van der Waals surface area contributed by atoms with Crippen LogP contribution in [0.5, 0.6) is 0 Å². The lowest BCUT2D eigenvalue weighted by atomic mass is 9.90. The predicted octanol–water partition coefficient (Wildman–Crippen LogP) is 10.8. The molecule has 210 valence electrons. The number of alkyl halides is 1. The average molecular weight is 631 g/mol. The molecule has 0 unspecified atom stereocenters. The summed E-state index contributed by atoms with van der Waals surface area (Å²) >= 11 is 3.57. The van der Waals surface area contributed by atoms with Gasteiger partial charge in [0.15, 0.2) is 0 Å². The number of aromatic nitrogens is 3. The summed E-state index contributed by atoms with van der Waals surface area (Å²) in [6, 6.07) is 43.3. The van der Waals surface area contributed by atoms with Gasteiger partial charge < -0.3 is 0 Å². The lowest BCUT2D eigenvalue weighted by Gasteiger charge is -2.14. The average Bonchev–Trinajstić information content (AvgIpc) is 3.12. The molecule has 0 atom stereocenters. The maximum atomic E-state index is 4.47. The van der Waals surface area contributed by atoms with Gasteiger partial charge in [0.25, 0.3) is 0 Å². The smallest absolute Gasteiger partial charge is 0.0346 e. The van der Waals surface area contributed by atoms with E-state index in [1.54, 1.807) is 0 Å². The van der Waals surface area contributed by atoms with Crippen molar-refractivity contribution >= 4 is 15.9 Å². The van der Waals surface area contributed by atoms with E-state index in [1.807, 2.05) is 49.3 Å². The van der Waals surface area contributed by atoms with Crippen LogP contribution in [0.25, 0.3) is 66.8 Å². The van der Waals surface area contributed by atoms with Gasteiger partial charge >= 0.3 is 0 Å². The van der Waals surface area contributed by atoms with E-state index in [0.717, 1.165) is 77.7 Å². The standard InChI is InChI=1S/C40H28BrN3/c41-23-28-16-40(27-44-24-28)34-11-3-10-33(19-34)39-21-37(31-8-1-6-29(17-31)35-12-4-14-42-25-35)20-38(22-39)32-9-2-7-30(18-32)36-13-5-15-43-26-36/h1-22,24-27H,23H2. The van der Waals surface area contributed by atoms with Gasteiger partial charge in [0.2, 0.25) is 0 Å².